The van der Waals surface area contributed by atoms with E-state index in [-0.39, 0.29) is 18.4 Å². The zero-order valence-electron chi connectivity index (χ0n) is 23.9. The summed E-state index contributed by atoms with van der Waals surface area (Å²) in [5.41, 5.74) is 1.39. The third-order valence-corrected chi connectivity index (χ3v) is 6.91. The fourth-order valence-corrected chi connectivity index (χ4v) is 4.89. The molecule has 0 aliphatic heterocycles. The van der Waals surface area contributed by atoms with Gasteiger partial charge < -0.3 is 20.3 Å². The molecular weight excluding hydrogens is 522 g/mol. The number of likely N-dealkylation sites (N-methyl/N-ethyl adjacent to an activating group) is 1. The number of carbonyl (C=O) groups is 3. The smallest absolute Gasteiger partial charge is 0.408 e. The standard InChI is InChI=1S/C32H39N3O4S/c1-7-22-12-11-15-25(20-22)28(29(36)33-26-17-16-23-13-9-10-14-24(23)21-26)35(8-2)30(37)27(18-19-40-6)34-31(38)39-32(3,4)5/h7,9-17,20-21,27-28H,1,8,18-19H2,2-6H3,(H,33,36)(H,34,38). The summed E-state index contributed by atoms with van der Waals surface area (Å²) in [4.78, 5) is 42.1. The summed E-state index contributed by atoms with van der Waals surface area (Å²) >= 11 is 1.57. The molecule has 3 aromatic carbocycles. The van der Waals surface area contributed by atoms with Gasteiger partial charge in [0.1, 0.15) is 17.7 Å². The Morgan fingerprint density at radius 2 is 1.75 bits per heavy atom. The third-order valence-electron chi connectivity index (χ3n) is 6.26. The number of nitrogens with one attached hydrogen (secondary N) is 2. The van der Waals surface area contributed by atoms with E-state index in [1.165, 1.54) is 4.90 Å². The average Bonchev–Trinajstić information content (AvgIpc) is 2.92. The first-order chi connectivity index (χ1) is 19.1. The maximum absolute atomic E-state index is 14.0. The molecule has 212 valence electrons. The maximum atomic E-state index is 14.0. The van der Waals surface area contributed by atoms with Crippen LogP contribution in [0.3, 0.4) is 0 Å². The lowest BCUT2D eigenvalue weighted by atomic mass is 10.00. The Balaban J connectivity index is 1.98. The summed E-state index contributed by atoms with van der Waals surface area (Å²) < 4.78 is 5.43. The van der Waals surface area contributed by atoms with Crippen LogP contribution >= 0.6 is 11.8 Å². The zero-order valence-corrected chi connectivity index (χ0v) is 24.7. The Morgan fingerprint density at radius 3 is 2.40 bits per heavy atom. The molecule has 2 N–H and O–H groups in total. The molecule has 0 radical (unpaired) electrons. The van der Waals surface area contributed by atoms with Crippen molar-refractivity contribution in [3.05, 3.63) is 84.4 Å². The van der Waals surface area contributed by atoms with E-state index in [2.05, 4.69) is 17.2 Å². The fourth-order valence-electron chi connectivity index (χ4n) is 4.42. The van der Waals surface area contributed by atoms with Crippen LogP contribution in [0.25, 0.3) is 16.8 Å². The van der Waals surface area contributed by atoms with Gasteiger partial charge in [0.05, 0.1) is 0 Å². The number of ether oxygens (including phenoxy) is 1. The quantitative estimate of drug-likeness (QED) is 0.273. The van der Waals surface area contributed by atoms with Gasteiger partial charge in [0, 0.05) is 12.2 Å². The molecular formula is C32H39N3O4S. The third kappa shape index (κ3) is 8.36. The lowest BCUT2D eigenvalue weighted by molar-refractivity contribution is -0.140. The maximum Gasteiger partial charge on any atom is 0.408 e. The topological polar surface area (TPSA) is 87.7 Å². The number of anilines is 1. The summed E-state index contributed by atoms with van der Waals surface area (Å²) in [7, 11) is 0. The number of rotatable bonds is 11. The molecule has 0 bridgehead atoms. The van der Waals surface area contributed by atoms with E-state index in [0.29, 0.717) is 23.4 Å². The molecule has 0 aliphatic carbocycles. The van der Waals surface area contributed by atoms with Gasteiger partial charge in [-0.1, -0.05) is 61.2 Å². The lowest BCUT2D eigenvalue weighted by Crippen LogP contribution is -2.52. The van der Waals surface area contributed by atoms with Crippen LogP contribution in [0.5, 0.6) is 0 Å². The summed E-state index contributed by atoms with van der Waals surface area (Å²) in [5, 5.41) is 7.82. The largest absolute Gasteiger partial charge is 0.444 e. The number of alkyl carbamates (subject to hydrolysis) is 1. The van der Waals surface area contributed by atoms with Crippen molar-refractivity contribution in [3.63, 3.8) is 0 Å². The minimum atomic E-state index is -0.943. The Hall–Kier alpha value is -3.78. The molecule has 3 aromatic rings. The van der Waals surface area contributed by atoms with Gasteiger partial charge in [-0.15, -0.1) is 0 Å². The first-order valence-corrected chi connectivity index (χ1v) is 14.8. The number of amides is 3. The van der Waals surface area contributed by atoms with E-state index in [4.69, 9.17) is 4.74 Å². The molecule has 0 saturated carbocycles. The molecule has 40 heavy (non-hydrogen) atoms. The van der Waals surface area contributed by atoms with E-state index >= 15 is 0 Å². The number of hydrogen-bond acceptors (Lipinski definition) is 5. The second kappa shape index (κ2) is 14.0. The average molecular weight is 562 g/mol. The van der Waals surface area contributed by atoms with Gasteiger partial charge in [0.2, 0.25) is 5.91 Å². The van der Waals surface area contributed by atoms with E-state index < -0.39 is 23.8 Å². The van der Waals surface area contributed by atoms with Crippen molar-refractivity contribution in [2.75, 3.05) is 23.9 Å². The van der Waals surface area contributed by atoms with Crippen LogP contribution in [0.2, 0.25) is 0 Å². The SMILES string of the molecule is C=Cc1cccc(C(C(=O)Nc2ccc3ccccc3c2)N(CC)C(=O)C(CCSC)NC(=O)OC(C)(C)C)c1. The molecule has 2 atom stereocenters. The highest BCUT2D eigenvalue weighted by atomic mass is 32.2. The minimum absolute atomic E-state index is 0.249. The van der Waals surface area contributed by atoms with Crippen molar-refractivity contribution in [2.45, 2.75) is 51.8 Å². The van der Waals surface area contributed by atoms with Gasteiger partial charge >= 0.3 is 6.09 Å². The number of thioether (sulfide) groups is 1. The van der Waals surface area contributed by atoms with Gasteiger partial charge in [-0.3, -0.25) is 9.59 Å². The van der Waals surface area contributed by atoms with Gasteiger partial charge in [0.25, 0.3) is 5.91 Å². The van der Waals surface area contributed by atoms with Crippen LogP contribution in [0.4, 0.5) is 10.5 Å². The fraction of sp³-hybridized carbons (Fsp3) is 0.344. The zero-order chi connectivity index (χ0) is 29.3. The van der Waals surface area contributed by atoms with Crippen LogP contribution in [-0.2, 0) is 14.3 Å². The highest BCUT2D eigenvalue weighted by molar-refractivity contribution is 7.98. The number of fused-ring (bicyclic) bond motifs is 1. The molecule has 0 heterocycles. The van der Waals surface area contributed by atoms with E-state index in [1.54, 1.807) is 38.6 Å². The Kier molecular flexibility index (Phi) is 10.8. The summed E-state index contributed by atoms with van der Waals surface area (Å²) in [6.07, 6.45) is 3.36. The van der Waals surface area contributed by atoms with Gasteiger partial charge in [-0.05, 0) is 86.2 Å². The molecule has 3 rings (SSSR count). The number of hydrogen-bond donors (Lipinski definition) is 2. The van der Waals surface area contributed by atoms with Crippen molar-refractivity contribution < 1.29 is 19.1 Å². The molecule has 0 aliphatic rings. The van der Waals surface area contributed by atoms with Gasteiger partial charge in [0.15, 0.2) is 0 Å². The normalized spacial score (nSPS) is 12.7. The van der Waals surface area contributed by atoms with E-state index in [9.17, 15) is 14.4 Å². The van der Waals surface area contributed by atoms with Gasteiger partial charge in [-0.2, -0.15) is 11.8 Å². The molecule has 7 nitrogen and oxygen atoms in total. The van der Waals surface area contributed by atoms with Crippen molar-refractivity contribution >= 4 is 52.2 Å². The highest BCUT2D eigenvalue weighted by Crippen LogP contribution is 2.27. The molecule has 0 spiro atoms. The molecule has 0 fully saturated rings. The monoisotopic (exact) mass is 561 g/mol. The van der Waals surface area contributed by atoms with Crippen molar-refractivity contribution in [1.29, 1.82) is 0 Å². The van der Waals surface area contributed by atoms with Crippen LogP contribution in [0.15, 0.2) is 73.3 Å². The predicted molar refractivity (Wildman–Crippen MR) is 165 cm³/mol. The van der Waals surface area contributed by atoms with Crippen LogP contribution in [-0.4, -0.2) is 53.0 Å². The van der Waals surface area contributed by atoms with E-state index in [1.807, 2.05) is 79.9 Å². The van der Waals surface area contributed by atoms with Gasteiger partial charge in [-0.25, -0.2) is 4.79 Å². The number of carbonyl (C=O) groups excluding carboxylic acids is 3. The van der Waals surface area contributed by atoms with Crippen molar-refractivity contribution in [3.8, 4) is 0 Å². The lowest BCUT2D eigenvalue weighted by Gasteiger charge is -2.34. The molecule has 2 unspecified atom stereocenters. The Morgan fingerprint density at radius 1 is 1.02 bits per heavy atom. The molecule has 0 saturated heterocycles. The first kappa shape index (κ1) is 30.8. The summed E-state index contributed by atoms with van der Waals surface area (Å²) in [6, 6.07) is 19.2. The molecule has 0 aromatic heterocycles. The van der Waals surface area contributed by atoms with Crippen molar-refractivity contribution in [2.24, 2.45) is 0 Å². The highest BCUT2D eigenvalue weighted by Gasteiger charge is 2.35. The molecule has 3 amide bonds. The Labute approximate surface area is 241 Å². The second-order valence-corrected chi connectivity index (χ2v) is 11.4. The number of benzene rings is 3. The summed E-state index contributed by atoms with van der Waals surface area (Å²) in [6.45, 7) is 11.2. The Bertz CT molecular complexity index is 1350. The van der Waals surface area contributed by atoms with Crippen molar-refractivity contribution in [1.82, 2.24) is 10.2 Å². The second-order valence-electron chi connectivity index (χ2n) is 10.4. The van der Waals surface area contributed by atoms with Crippen LogP contribution in [0, 0.1) is 0 Å². The predicted octanol–water partition coefficient (Wildman–Crippen LogP) is 6.66. The number of nitrogens with zero attached hydrogens (tertiary/aromatic N) is 1. The first-order valence-electron chi connectivity index (χ1n) is 13.4. The van der Waals surface area contributed by atoms with Crippen LogP contribution in [0.1, 0.15) is 51.3 Å². The van der Waals surface area contributed by atoms with E-state index in [0.717, 1.165) is 16.3 Å². The summed E-state index contributed by atoms with van der Waals surface area (Å²) in [5.74, 6) is -0.0680. The molecule has 8 heteroatoms. The minimum Gasteiger partial charge on any atom is -0.444 e. The van der Waals surface area contributed by atoms with Crippen LogP contribution < -0.4 is 10.6 Å².